The van der Waals surface area contributed by atoms with Gasteiger partial charge in [0.05, 0.1) is 0 Å². The molecule has 2 unspecified atom stereocenters. The zero-order valence-corrected chi connectivity index (χ0v) is 19.8. The van der Waals surface area contributed by atoms with Crippen molar-refractivity contribution in [2.45, 2.75) is 90.0 Å². The van der Waals surface area contributed by atoms with Gasteiger partial charge in [-0.05, 0) is 76.0 Å². The monoisotopic (exact) mass is 443 g/mol. The molecule has 3 amide bonds. The highest BCUT2D eigenvalue weighted by molar-refractivity contribution is 5.85. The molecule has 0 bridgehead atoms. The second-order valence-corrected chi connectivity index (χ2v) is 11.7. The largest absolute Gasteiger partial charge is 0.353 e. The lowest BCUT2D eigenvalue weighted by Gasteiger charge is -2.41. The van der Waals surface area contributed by atoms with Gasteiger partial charge in [0.1, 0.15) is 0 Å². The Hall–Kier alpha value is -1.59. The van der Waals surface area contributed by atoms with Gasteiger partial charge >= 0.3 is 0 Å². The minimum absolute atomic E-state index is 0.108. The fourth-order valence-corrected chi connectivity index (χ4v) is 6.46. The van der Waals surface area contributed by atoms with E-state index < -0.39 is 0 Å². The number of nitrogens with zero attached hydrogens (tertiary/aromatic N) is 2. The Morgan fingerprint density at radius 2 is 1.38 bits per heavy atom. The number of hydrogen-bond donors (Lipinski definition) is 1. The molecule has 0 radical (unpaired) electrons. The van der Waals surface area contributed by atoms with Gasteiger partial charge < -0.3 is 15.1 Å². The second kappa shape index (κ2) is 8.98. The van der Waals surface area contributed by atoms with E-state index >= 15 is 0 Å². The average molecular weight is 444 g/mol. The highest BCUT2D eigenvalue weighted by Crippen LogP contribution is 2.46. The van der Waals surface area contributed by atoms with Crippen LogP contribution in [-0.2, 0) is 14.4 Å². The lowest BCUT2D eigenvalue weighted by molar-refractivity contribution is -0.145. The van der Waals surface area contributed by atoms with E-state index in [0.717, 1.165) is 64.2 Å². The summed E-state index contributed by atoms with van der Waals surface area (Å²) in [7, 11) is 0. The molecular formula is C26H41N3O3. The molecule has 0 aromatic rings. The Bertz CT molecular complexity index is 729. The van der Waals surface area contributed by atoms with Gasteiger partial charge in [0, 0.05) is 49.5 Å². The Kier molecular flexibility index (Phi) is 6.23. The van der Waals surface area contributed by atoms with Gasteiger partial charge in [-0.2, -0.15) is 0 Å². The first kappa shape index (κ1) is 22.2. The zero-order valence-electron chi connectivity index (χ0n) is 19.8. The van der Waals surface area contributed by atoms with Gasteiger partial charge in [0.2, 0.25) is 17.7 Å². The van der Waals surface area contributed by atoms with E-state index in [1.54, 1.807) is 0 Å². The summed E-state index contributed by atoms with van der Waals surface area (Å²) >= 11 is 0. The van der Waals surface area contributed by atoms with Crippen LogP contribution in [0.1, 0.15) is 84.0 Å². The maximum Gasteiger partial charge on any atom is 0.228 e. The van der Waals surface area contributed by atoms with Gasteiger partial charge in [-0.1, -0.05) is 19.8 Å². The molecule has 1 saturated heterocycles. The standard InChI is InChI=1S/C26H41N3O3/c1-26(11-12-26)25(32)29-15-13-28(14-16-29)24(31)20-9-5-18(6-10-20)21-3-2-4-22(17-21)27-23(30)19-7-8-19/h18-22H,2-17H2,1H3,(H,27,30). The average Bonchev–Trinajstić information content (AvgIpc) is 3.75. The number of carbonyl (C=O) groups is 3. The normalized spacial score (nSPS) is 34.7. The quantitative estimate of drug-likeness (QED) is 0.708. The van der Waals surface area contributed by atoms with Gasteiger partial charge in [0.15, 0.2) is 0 Å². The molecule has 5 aliphatic rings. The van der Waals surface area contributed by atoms with Crippen molar-refractivity contribution >= 4 is 17.7 Å². The summed E-state index contributed by atoms with van der Waals surface area (Å²) in [6, 6.07) is 0.373. The summed E-state index contributed by atoms with van der Waals surface area (Å²) < 4.78 is 0. The van der Waals surface area contributed by atoms with Gasteiger partial charge in [-0.3, -0.25) is 14.4 Å². The highest BCUT2D eigenvalue weighted by atomic mass is 16.2. The zero-order chi connectivity index (χ0) is 22.3. The number of rotatable bonds is 5. The predicted octanol–water partition coefficient (Wildman–Crippen LogP) is 3.35. The van der Waals surface area contributed by atoms with Crippen LogP contribution >= 0.6 is 0 Å². The number of carbonyl (C=O) groups excluding carboxylic acids is 3. The van der Waals surface area contributed by atoms with E-state index in [1.165, 1.54) is 12.8 Å². The summed E-state index contributed by atoms with van der Waals surface area (Å²) in [4.78, 5) is 41.9. The predicted molar refractivity (Wildman–Crippen MR) is 123 cm³/mol. The molecule has 0 spiro atoms. The lowest BCUT2D eigenvalue weighted by atomic mass is 9.70. The molecule has 4 aliphatic carbocycles. The van der Waals surface area contributed by atoms with Crippen molar-refractivity contribution in [1.82, 2.24) is 15.1 Å². The van der Waals surface area contributed by atoms with E-state index in [0.29, 0.717) is 61.8 Å². The summed E-state index contributed by atoms with van der Waals surface area (Å²) in [5.74, 6) is 2.81. The Labute approximate surface area is 192 Å². The number of nitrogens with one attached hydrogen (secondary N) is 1. The smallest absolute Gasteiger partial charge is 0.228 e. The molecule has 4 saturated carbocycles. The molecule has 5 fully saturated rings. The van der Waals surface area contributed by atoms with Crippen LogP contribution in [0.5, 0.6) is 0 Å². The minimum Gasteiger partial charge on any atom is -0.353 e. The van der Waals surface area contributed by atoms with E-state index in [9.17, 15) is 14.4 Å². The summed E-state index contributed by atoms with van der Waals surface area (Å²) in [5.41, 5.74) is -0.108. The molecule has 0 aromatic heterocycles. The summed E-state index contributed by atoms with van der Waals surface area (Å²) in [6.45, 7) is 4.87. The van der Waals surface area contributed by atoms with Crippen molar-refractivity contribution in [3.05, 3.63) is 0 Å². The van der Waals surface area contributed by atoms with Crippen LogP contribution in [0.15, 0.2) is 0 Å². The van der Waals surface area contributed by atoms with Crippen LogP contribution in [0, 0.1) is 29.1 Å². The Morgan fingerprint density at radius 3 is 2.00 bits per heavy atom. The first-order valence-electron chi connectivity index (χ1n) is 13.3. The van der Waals surface area contributed by atoms with Crippen molar-refractivity contribution in [1.29, 1.82) is 0 Å². The third-order valence-electron chi connectivity index (χ3n) is 9.19. The molecule has 0 aromatic carbocycles. The maximum atomic E-state index is 13.1. The van der Waals surface area contributed by atoms with Crippen LogP contribution in [0.2, 0.25) is 0 Å². The van der Waals surface area contributed by atoms with E-state index in [2.05, 4.69) is 12.2 Å². The first-order chi connectivity index (χ1) is 15.4. The van der Waals surface area contributed by atoms with E-state index in [1.807, 2.05) is 9.80 Å². The van der Waals surface area contributed by atoms with Crippen molar-refractivity contribution in [3.8, 4) is 0 Å². The maximum absolute atomic E-state index is 13.1. The number of hydrogen-bond acceptors (Lipinski definition) is 3. The van der Waals surface area contributed by atoms with E-state index in [-0.39, 0.29) is 17.2 Å². The van der Waals surface area contributed by atoms with E-state index in [4.69, 9.17) is 0 Å². The molecule has 2 atom stereocenters. The molecule has 1 heterocycles. The third-order valence-corrected chi connectivity index (χ3v) is 9.19. The molecule has 1 N–H and O–H groups in total. The molecule has 1 aliphatic heterocycles. The van der Waals surface area contributed by atoms with Gasteiger partial charge in [-0.25, -0.2) is 0 Å². The summed E-state index contributed by atoms with van der Waals surface area (Å²) in [6.07, 6.45) is 13.3. The van der Waals surface area contributed by atoms with Crippen molar-refractivity contribution < 1.29 is 14.4 Å². The highest BCUT2D eigenvalue weighted by Gasteiger charge is 2.47. The second-order valence-electron chi connectivity index (χ2n) is 11.7. The first-order valence-corrected chi connectivity index (χ1v) is 13.3. The molecule has 5 rings (SSSR count). The molecule has 6 heteroatoms. The third kappa shape index (κ3) is 4.84. The van der Waals surface area contributed by atoms with Crippen LogP contribution in [0.3, 0.4) is 0 Å². The molecule has 32 heavy (non-hydrogen) atoms. The number of piperazine rings is 1. The van der Waals surface area contributed by atoms with Crippen LogP contribution in [-0.4, -0.2) is 59.7 Å². The number of amides is 3. The fourth-order valence-electron chi connectivity index (χ4n) is 6.46. The van der Waals surface area contributed by atoms with Gasteiger partial charge in [0.25, 0.3) is 0 Å². The Morgan fingerprint density at radius 1 is 0.750 bits per heavy atom. The molecule has 178 valence electrons. The minimum atomic E-state index is -0.108. The molecule has 6 nitrogen and oxygen atoms in total. The SMILES string of the molecule is CC1(C(=O)N2CCN(C(=O)C3CCC(C4CCCC(NC(=O)C5CC5)C4)CC3)CC2)CC1. The molecular weight excluding hydrogens is 402 g/mol. The van der Waals surface area contributed by atoms with Crippen LogP contribution < -0.4 is 5.32 Å². The fraction of sp³-hybridized carbons (Fsp3) is 0.885. The summed E-state index contributed by atoms with van der Waals surface area (Å²) in [5, 5.41) is 3.32. The van der Waals surface area contributed by atoms with Crippen LogP contribution in [0.4, 0.5) is 0 Å². The Balaban J connectivity index is 1.05. The van der Waals surface area contributed by atoms with Crippen molar-refractivity contribution in [3.63, 3.8) is 0 Å². The van der Waals surface area contributed by atoms with Crippen molar-refractivity contribution in [2.24, 2.45) is 29.1 Å². The topological polar surface area (TPSA) is 69.7 Å². The van der Waals surface area contributed by atoms with Gasteiger partial charge in [-0.15, -0.1) is 0 Å². The lowest BCUT2D eigenvalue weighted by Crippen LogP contribution is -2.53. The van der Waals surface area contributed by atoms with Crippen molar-refractivity contribution in [2.75, 3.05) is 26.2 Å². The van der Waals surface area contributed by atoms with Crippen LogP contribution in [0.25, 0.3) is 0 Å².